The molecule has 1 amide bonds. The summed E-state index contributed by atoms with van der Waals surface area (Å²) in [6, 6.07) is 23.7. The summed E-state index contributed by atoms with van der Waals surface area (Å²) in [5, 5.41) is 10.5. The SMILES string of the molecule is CCOC(=O)Cc1ccc(-c2ccc(-c3[nH]ncc3C3NC(=O)c4ccccc4N3C)cc2)cc1. The number of aromatic amines is 1. The maximum Gasteiger partial charge on any atom is 0.310 e. The summed E-state index contributed by atoms with van der Waals surface area (Å²) in [5.74, 6) is -0.319. The molecule has 0 aliphatic carbocycles. The van der Waals surface area contributed by atoms with Crippen LogP contribution in [0.15, 0.2) is 79.0 Å². The van der Waals surface area contributed by atoms with Crippen molar-refractivity contribution in [3.8, 4) is 22.4 Å². The topological polar surface area (TPSA) is 87.3 Å². The van der Waals surface area contributed by atoms with Gasteiger partial charge in [-0.2, -0.15) is 5.10 Å². The van der Waals surface area contributed by atoms with Crippen molar-refractivity contribution in [2.45, 2.75) is 19.5 Å². The van der Waals surface area contributed by atoms with Crippen LogP contribution in [-0.4, -0.2) is 35.7 Å². The minimum absolute atomic E-state index is 0.0994. The van der Waals surface area contributed by atoms with Crippen molar-refractivity contribution in [3.63, 3.8) is 0 Å². The molecule has 3 aromatic carbocycles. The van der Waals surface area contributed by atoms with Gasteiger partial charge in [-0.15, -0.1) is 0 Å². The zero-order valence-electron chi connectivity index (χ0n) is 19.6. The summed E-state index contributed by atoms with van der Waals surface area (Å²) in [5.41, 5.74) is 7.32. The number of fused-ring (bicyclic) bond motifs is 1. The van der Waals surface area contributed by atoms with Crippen LogP contribution in [0.5, 0.6) is 0 Å². The quantitative estimate of drug-likeness (QED) is 0.401. The number of rotatable bonds is 6. The van der Waals surface area contributed by atoms with Gasteiger partial charge in [0.25, 0.3) is 5.91 Å². The zero-order valence-corrected chi connectivity index (χ0v) is 19.6. The molecule has 1 aromatic heterocycles. The van der Waals surface area contributed by atoms with Gasteiger partial charge in [0.05, 0.1) is 36.2 Å². The Morgan fingerprint density at radius 3 is 2.34 bits per heavy atom. The fourth-order valence-electron chi connectivity index (χ4n) is 4.45. The normalized spacial score (nSPS) is 14.9. The van der Waals surface area contributed by atoms with E-state index in [1.54, 1.807) is 13.1 Å². The van der Waals surface area contributed by atoms with E-state index in [-0.39, 0.29) is 24.5 Å². The van der Waals surface area contributed by atoms with Gasteiger partial charge in [-0.1, -0.05) is 60.7 Å². The number of nitrogens with zero attached hydrogens (tertiary/aromatic N) is 2. The van der Waals surface area contributed by atoms with E-state index in [9.17, 15) is 9.59 Å². The van der Waals surface area contributed by atoms with Gasteiger partial charge in [0.1, 0.15) is 6.17 Å². The second-order valence-electron chi connectivity index (χ2n) is 8.46. The monoisotopic (exact) mass is 466 g/mol. The van der Waals surface area contributed by atoms with E-state index in [2.05, 4.69) is 32.5 Å². The predicted octanol–water partition coefficient (Wildman–Crippen LogP) is 4.73. The Morgan fingerprint density at radius 2 is 1.63 bits per heavy atom. The molecule has 0 radical (unpaired) electrons. The lowest BCUT2D eigenvalue weighted by Gasteiger charge is -2.36. The minimum atomic E-state index is -0.335. The Balaban J connectivity index is 1.37. The number of hydrogen-bond acceptors (Lipinski definition) is 5. The summed E-state index contributed by atoms with van der Waals surface area (Å²) < 4.78 is 5.02. The molecule has 5 rings (SSSR count). The molecule has 1 unspecified atom stereocenters. The van der Waals surface area contributed by atoms with Crippen molar-refractivity contribution in [1.29, 1.82) is 0 Å². The van der Waals surface area contributed by atoms with E-state index >= 15 is 0 Å². The zero-order chi connectivity index (χ0) is 24.4. The molecule has 176 valence electrons. The summed E-state index contributed by atoms with van der Waals surface area (Å²) in [4.78, 5) is 26.5. The first kappa shape index (κ1) is 22.4. The Hall–Kier alpha value is -4.39. The maximum atomic E-state index is 12.7. The van der Waals surface area contributed by atoms with Crippen molar-refractivity contribution < 1.29 is 14.3 Å². The maximum absolute atomic E-state index is 12.7. The second kappa shape index (κ2) is 9.46. The summed E-state index contributed by atoms with van der Waals surface area (Å²) in [6.07, 6.45) is 1.70. The van der Waals surface area contributed by atoms with Gasteiger partial charge < -0.3 is 15.0 Å². The molecule has 1 atom stereocenters. The number of carbonyl (C=O) groups excluding carboxylic acids is 2. The Kier molecular flexibility index (Phi) is 6.06. The highest BCUT2D eigenvalue weighted by atomic mass is 16.5. The van der Waals surface area contributed by atoms with Crippen molar-refractivity contribution in [2.24, 2.45) is 0 Å². The minimum Gasteiger partial charge on any atom is -0.466 e. The third-order valence-corrected chi connectivity index (χ3v) is 6.26. The van der Waals surface area contributed by atoms with Crippen LogP contribution in [0.2, 0.25) is 0 Å². The first-order chi connectivity index (χ1) is 17.0. The van der Waals surface area contributed by atoms with E-state index in [1.807, 2.05) is 67.7 Å². The molecule has 7 nitrogen and oxygen atoms in total. The lowest BCUT2D eigenvalue weighted by molar-refractivity contribution is -0.142. The van der Waals surface area contributed by atoms with E-state index in [0.29, 0.717) is 12.2 Å². The molecule has 4 aromatic rings. The number of benzene rings is 3. The van der Waals surface area contributed by atoms with Crippen LogP contribution < -0.4 is 10.2 Å². The predicted molar refractivity (Wildman–Crippen MR) is 135 cm³/mol. The standard InChI is InChI=1S/C28H26N4O3/c1-3-35-25(33)16-18-8-10-19(11-9-18)20-12-14-21(15-13-20)26-23(17-29-31-26)27-30-28(34)22-6-4-5-7-24(22)32(27)2/h4-15,17,27H,3,16H2,1-2H3,(H,29,31)(H,30,34). The van der Waals surface area contributed by atoms with Crippen LogP contribution in [-0.2, 0) is 16.0 Å². The third kappa shape index (κ3) is 4.40. The van der Waals surface area contributed by atoms with Gasteiger partial charge in [0.2, 0.25) is 0 Å². The van der Waals surface area contributed by atoms with Crippen molar-refractivity contribution in [1.82, 2.24) is 15.5 Å². The smallest absolute Gasteiger partial charge is 0.310 e. The molecular weight excluding hydrogens is 440 g/mol. The van der Waals surface area contributed by atoms with Crippen LogP contribution >= 0.6 is 0 Å². The van der Waals surface area contributed by atoms with E-state index in [4.69, 9.17) is 4.74 Å². The van der Waals surface area contributed by atoms with Crippen molar-refractivity contribution in [2.75, 3.05) is 18.6 Å². The molecule has 0 spiro atoms. The Bertz CT molecular complexity index is 1360. The first-order valence-corrected chi connectivity index (χ1v) is 11.6. The number of esters is 1. The second-order valence-corrected chi connectivity index (χ2v) is 8.46. The van der Waals surface area contributed by atoms with Crippen LogP contribution in [0.3, 0.4) is 0 Å². The number of nitrogens with one attached hydrogen (secondary N) is 2. The van der Waals surface area contributed by atoms with Crippen molar-refractivity contribution >= 4 is 17.6 Å². The largest absolute Gasteiger partial charge is 0.466 e. The number of hydrogen-bond donors (Lipinski definition) is 2. The fraction of sp³-hybridized carbons (Fsp3) is 0.179. The third-order valence-electron chi connectivity index (χ3n) is 6.26. The molecule has 2 N–H and O–H groups in total. The highest BCUT2D eigenvalue weighted by Crippen LogP contribution is 2.35. The van der Waals surface area contributed by atoms with Crippen molar-refractivity contribution in [3.05, 3.63) is 95.7 Å². The summed E-state index contributed by atoms with van der Waals surface area (Å²) in [6.45, 7) is 2.19. The van der Waals surface area contributed by atoms with Gasteiger partial charge in [-0.05, 0) is 41.3 Å². The number of para-hydroxylation sites is 1. The summed E-state index contributed by atoms with van der Waals surface area (Å²) in [7, 11) is 1.97. The summed E-state index contributed by atoms with van der Waals surface area (Å²) >= 11 is 0. The average Bonchev–Trinajstić information content (AvgIpc) is 3.37. The Labute approximate surface area is 203 Å². The van der Waals surface area contributed by atoms with Gasteiger partial charge in [0.15, 0.2) is 0 Å². The molecule has 1 aliphatic rings. The lowest BCUT2D eigenvalue weighted by atomic mass is 9.98. The van der Waals surface area contributed by atoms with E-state index < -0.39 is 0 Å². The van der Waals surface area contributed by atoms with Crippen LogP contribution in [0.1, 0.15) is 34.6 Å². The highest BCUT2D eigenvalue weighted by Gasteiger charge is 2.31. The van der Waals surface area contributed by atoms with E-state index in [1.165, 1.54) is 0 Å². The van der Waals surface area contributed by atoms with Gasteiger partial charge in [0, 0.05) is 12.6 Å². The van der Waals surface area contributed by atoms with Crippen LogP contribution in [0, 0.1) is 0 Å². The number of carbonyl (C=O) groups is 2. The lowest BCUT2D eigenvalue weighted by Crippen LogP contribution is -2.44. The first-order valence-electron chi connectivity index (χ1n) is 11.6. The Morgan fingerprint density at radius 1 is 0.971 bits per heavy atom. The number of H-pyrrole nitrogens is 1. The molecular formula is C28H26N4O3. The molecule has 0 saturated heterocycles. The molecule has 2 heterocycles. The molecule has 1 aliphatic heterocycles. The van der Waals surface area contributed by atoms with Crippen LogP contribution in [0.25, 0.3) is 22.4 Å². The molecule has 0 fully saturated rings. The molecule has 0 saturated carbocycles. The van der Waals surface area contributed by atoms with Crippen LogP contribution in [0.4, 0.5) is 5.69 Å². The average molecular weight is 467 g/mol. The van der Waals surface area contributed by atoms with Gasteiger partial charge in [-0.25, -0.2) is 0 Å². The molecule has 7 heteroatoms. The number of aromatic nitrogens is 2. The number of ether oxygens (including phenoxy) is 1. The number of amides is 1. The number of anilines is 1. The fourth-order valence-corrected chi connectivity index (χ4v) is 4.45. The van der Waals surface area contributed by atoms with Gasteiger partial charge >= 0.3 is 5.97 Å². The highest BCUT2D eigenvalue weighted by molar-refractivity contribution is 6.02. The molecule has 0 bridgehead atoms. The van der Waals surface area contributed by atoms with Gasteiger partial charge in [-0.3, -0.25) is 14.7 Å². The van der Waals surface area contributed by atoms with E-state index in [0.717, 1.165) is 39.2 Å². The molecule has 35 heavy (non-hydrogen) atoms.